The highest BCUT2D eigenvalue weighted by Crippen LogP contribution is 2.19. The number of nitrogens with one attached hydrogen (secondary N) is 1. The van der Waals surface area contributed by atoms with Crippen LogP contribution >= 0.6 is 0 Å². The van der Waals surface area contributed by atoms with E-state index < -0.39 is 0 Å². The number of aliphatic hydroxyl groups is 1. The molecule has 0 heterocycles. The summed E-state index contributed by atoms with van der Waals surface area (Å²) in [7, 11) is 0. The molecule has 1 rings (SSSR count). The minimum atomic E-state index is -0.0982. The van der Waals surface area contributed by atoms with Gasteiger partial charge in [-0.2, -0.15) is 0 Å². The second-order valence-electron chi connectivity index (χ2n) is 4.50. The van der Waals surface area contributed by atoms with Crippen LogP contribution in [-0.4, -0.2) is 23.7 Å². The van der Waals surface area contributed by atoms with Crippen LogP contribution in [0.3, 0.4) is 0 Å². The van der Waals surface area contributed by atoms with Crippen LogP contribution in [0.4, 0.5) is 0 Å². The number of benzene rings is 1. The predicted octanol–water partition coefficient (Wildman–Crippen LogP) is 2.46. The van der Waals surface area contributed by atoms with Crippen molar-refractivity contribution < 1.29 is 9.90 Å². The Morgan fingerprint density at radius 2 is 1.89 bits per heavy atom. The summed E-state index contributed by atoms with van der Waals surface area (Å²) in [5.41, 5.74) is 1.05. The SMILES string of the molecule is CC[C@@H](CCO)NC(=O)[C@H](CC)c1ccccc1. The van der Waals surface area contributed by atoms with Crippen molar-refractivity contribution in [1.82, 2.24) is 5.32 Å². The summed E-state index contributed by atoms with van der Waals surface area (Å²) in [6.45, 7) is 4.15. The third-order valence-electron chi connectivity index (χ3n) is 3.24. The summed E-state index contributed by atoms with van der Waals surface area (Å²) in [6, 6.07) is 9.91. The maximum absolute atomic E-state index is 12.2. The molecule has 1 aromatic carbocycles. The number of amides is 1. The van der Waals surface area contributed by atoms with E-state index >= 15 is 0 Å². The van der Waals surface area contributed by atoms with Gasteiger partial charge < -0.3 is 10.4 Å². The van der Waals surface area contributed by atoms with Crippen LogP contribution in [-0.2, 0) is 4.79 Å². The van der Waals surface area contributed by atoms with Crippen molar-refractivity contribution in [3.8, 4) is 0 Å². The van der Waals surface area contributed by atoms with Gasteiger partial charge in [-0.05, 0) is 24.8 Å². The fourth-order valence-corrected chi connectivity index (χ4v) is 2.09. The zero-order valence-corrected chi connectivity index (χ0v) is 11.2. The lowest BCUT2D eigenvalue weighted by Gasteiger charge is -2.21. The highest BCUT2D eigenvalue weighted by molar-refractivity contribution is 5.83. The first-order valence-electron chi connectivity index (χ1n) is 6.69. The minimum Gasteiger partial charge on any atom is -0.396 e. The number of hydrogen-bond donors (Lipinski definition) is 2. The van der Waals surface area contributed by atoms with Crippen LogP contribution in [0, 0.1) is 0 Å². The highest BCUT2D eigenvalue weighted by Gasteiger charge is 2.20. The van der Waals surface area contributed by atoms with Crippen molar-refractivity contribution >= 4 is 5.91 Å². The molecule has 0 fully saturated rings. The van der Waals surface area contributed by atoms with Crippen molar-refractivity contribution in [1.29, 1.82) is 0 Å². The molecule has 3 nitrogen and oxygen atoms in total. The third kappa shape index (κ3) is 4.15. The van der Waals surface area contributed by atoms with E-state index in [0.29, 0.717) is 6.42 Å². The molecule has 0 aliphatic rings. The van der Waals surface area contributed by atoms with E-state index in [4.69, 9.17) is 5.11 Å². The number of carbonyl (C=O) groups excluding carboxylic acids is 1. The predicted molar refractivity (Wildman–Crippen MR) is 73.4 cm³/mol. The molecule has 0 aliphatic carbocycles. The molecule has 1 amide bonds. The maximum Gasteiger partial charge on any atom is 0.227 e. The van der Waals surface area contributed by atoms with Gasteiger partial charge in [-0.3, -0.25) is 4.79 Å². The van der Waals surface area contributed by atoms with Crippen molar-refractivity contribution in [2.75, 3.05) is 6.61 Å². The molecule has 3 heteroatoms. The summed E-state index contributed by atoms with van der Waals surface area (Å²) in [4.78, 5) is 12.2. The van der Waals surface area contributed by atoms with Crippen molar-refractivity contribution in [2.24, 2.45) is 0 Å². The molecule has 0 aromatic heterocycles. The summed E-state index contributed by atoms with van der Waals surface area (Å²) in [5, 5.41) is 12.0. The summed E-state index contributed by atoms with van der Waals surface area (Å²) in [6.07, 6.45) is 2.25. The lowest BCUT2D eigenvalue weighted by Crippen LogP contribution is -2.38. The normalized spacial score (nSPS) is 13.9. The van der Waals surface area contributed by atoms with Gasteiger partial charge in [-0.1, -0.05) is 44.2 Å². The van der Waals surface area contributed by atoms with Gasteiger partial charge in [0.15, 0.2) is 0 Å². The Morgan fingerprint density at radius 3 is 2.39 bits per heavy atom. The summed E-state index contributed by atoms with van der Waals surface area (Å²) < 4.78 is 0. The first kappa shape index (κ1) is 14.7. The third-order valence-corrected chi connectivity index (χ3v) is 3.24. The number of rotatable bonds is 7. The molecular formula is C15H23NO2. The van der Waals surface area contributed by atoms with Crippen molar-refractivity contribution in [3.63, 3.8) is 0 Å². The zero-order chi connectivity index (χ0) is 13.4. The first-order valence-corrected chi connectivity index (χ1v) is 6.69. The second kappa shape index (κ2) is 7.88. The van der Waals surface area contributed by atoms with Gasteiger partial charge in [0.05, 0.1) is 5.92 Å². The quantitative estimate of drug-likeness (QED) is 0.780. The summed E-state index contributed by atoms with van der Waals surface area (Å²) in [5.74, 6) is -0.0389. The largest absolute Gasteiger partial charge is 0.396 e. The number of aliphatic hydroxyl groups excluding tert-OH is 1. The Hall–Kier alpha value is -1.35. The van der Waals surface area contributed by atoms with Crippen LogP contribution in [0.1, 0.15) is 44.6 Å². The van der Waals surface area contributed by atoms with Gasteiger partial charge in [-0.15, -0.1) is 0 Å². The van der Waals surface area contributed by atoms with E-state index in [0.717, 1.165) is 18.4 Å². The molecule has 100 valence electrons. The number of hydrogen-bond acceptors (Lipinski definition) is 2. The van der Waals surface area contributed by atoms with Crippen molar-refractivity contribution in [2.45, 2.75) is 45.1 Å². The van der Waals surface area contributed by atoms with Crippen LogP contribution in [0.25, 0.3) is 0 Å². The molecule has 0 saturated carbocycles. The van der Waals surface area contributed by atoms with Crippen LogP contribution in [0.5, 0.6) is 0 Å². The summed E-state index contributed by atoms with van der Waals surface area (Å²) >= 11 is 0. The molecular weight excluding hydrogens is 226 g/mol. The molecule has 0 bridgehead atoms. The van der Waals surface area contributed by atoms with Crippen LogP contribution in [0.15, 0.2) is 30.3 Å². The van der Waals surface area contributed by atoms with Gasteiger partial charge in [0.2, 0.25) is 5.91 Å². The van der Waals surface area contributed by atoms with E-state index in [-0.39, 0.29) is 24.5 Å². The Labute approximate surface area is 109 Å². The van der Waals surface area contributed by atoms with Gasteiger partial charge in [-0.25, -0.2) is 0 Å². The first-order chi connectivity index (χ1) is 8.72. The molecule has 0 radical (unpaired) electrons. The van der Waals surface area contributed by atoms with E-state index in [1.807, 2.05) is 44.2 Å². The fraction of sp³-hybridized carbons (Fsp3) is 0.533. The molecule has 2 atom stereocenters. The van der Waals surface area contributed by atoms with Gasteiger partial charge >= 0.3 is 0 Å². The van der Waals surface area contributed by atoms with Crippen LogP contribution < -0.4 is 5.32 Å². The van der Waals surface area contributed by atoms with Gasteiger partial charge in [0.25, 0.3) is 0 Å². The minimum absolute atomic E-state index is 0.0593. The van der Waals surface area contributed by atoms with Gasteiger partial charge in [0, 0.05) is 12.6 Å². The smallest absolute Gasteiger partial charge is 0.227 e. The maximum atomic E-state index is 12.2. The Morgan fingerprint density at radius 1 is 1.22 bits per heavy atom. The van der Waals surface area contributed by atoms with E-state index in [9.17, 15) is 4.79 Å². The van der Waals surface area contributed by atoms with Crippen LogP contribution in [0.2, 0.25) is 0 Å². The number of carbonyl (C=O) groups is 1. The Kier molecular flexibility index (Phi) is 6.44. The van der Waals surface area contributed by atoms with E-state index in [1.165, 1.54) is 0 Å². The topological polar surface area (TPSA) is 49.3 Å². The fourth-order valence-electron chi connectivity index (χ4n) is 2.09. The second-order valence-corrected chi connectivity index (χ2v) is 4.50. The highest BCUT2D eigenvalue weighted by atomic mass is 16.3. The standard InChI is InChI=1S/C15H23NO2/c1-3-13(10-11-17)16-15(18)14(4-2)12-8-6-5-7-9-12/h5-9,13-14,17H,3-4,10-11H2,1-2H3,(H,16,18)/t13-,14+/m0/s1. The zero-order valence-electron chi connectivity index (χ0n) is 11.2. The van der Waals surface area contributed by atoms with Crippen molar-refractivity contribution in [3.05, 3.63) is 35.9 Å². The molecule has 0 unspecified atom stereocenters. The molecule has 0 aliphatic heterocycles. The van der Waals surface area contributed by atoms with Gasteiger partial charge in [0.1, 0.15) is 0 Å². The molecule has 1 aromatic rings. The Bertz CT molecular complexity index is 351. The Balaban J connectivity index is 2.68. The van der Waals surface area contributed by atoms with E-state index in [1.54, 1.807) is 0 Å². The lowest BCUT2D eigenvalue weighted by atomic mass is 9.95. The lowest BCUT2D eigenvalue weighted by molar-refractivity contribution is -0.123. The van der Waals surface area contributed by atoms with E-state index in [2.05, 4.69) is 5.32 Å². The monoisotopic (exact) mass is 249 g/mol. The average Bonchev–Trinajstić information content (AvgIpc) is 2.40. The molecule has 0 spiro atoms. The molecule has 2 N–H and O–H groups in total. The molecule has 18 heavy (non-hydrogen) atoms. The molecule has 0 saturated heterocycles. The average molecular weight is 249 g/mol.